The fourth-order valence-electron chi connectivity index (χ4n) is 1.71. The van der Waals surface area contributed by atoms with Crippen molar-refractivity contribution in [2.24, 2.45) is 7.05 Å². The molecule has 0 amide bonds. The second-order valence-corrected chi connectivity index (χ2v) is 5.49. The molecule has 0 spiro atoms. The average molecular weight is 260 g/mol. The van der Waals surface area contributed by atoms with Crippen LogP contribution in [0.2, 0.25) is 0 Å². The second kappa shape index (κ2) is 4.95. The molecule has 0 bridgehead atoms. The number of hydrogen-bond donors (Lipinski definition) is 1. The van der Waals surface area contributed by atoms with Crippen LogP contribution in [0.5, 0.6) is 0 Å². The molecule has 0 atom stereocenters. The zero-order chi connectivity index (χ0) is 14.0. The van der Waals surface area contributed by atoms with Gasteiger partial charge in [0.25, 0.3) is 0 Å². The van der Waals surface area contributed by atoms with Crippen LogP contribution in [0.4, 0.5) is 5.82 Å². The van der Waals surface area contributed by atoms with Crippen molar-refractivity contribution in [3.63, 3.8) is 0 Å². The molecule has 19 heavy (non-hydrogen) atoms. The van der Waals surface area contributed by atoms with Gasteiger partial charge in [-0.15, -0.1) is 5.10 Å². The van der Waals surface area contributed by atoms with E-state index in [1.54, 1.807) is 10.9 Å². The van der Waals surface area contributed by atoms with Gasteiger partial charge in [-0.1, -0.05) is 26.0 Å². The topological polar surface area (TPSA) is 68.5 Å². The first-order valence-electron chi connectivity index (χ1n) is 6.40. The molecular formula is C13H20N6. The Morgan fingerprint density at radius 2 is 2.00 bits per heavy atom. The highest BCUT2D eigenvalue weighted by atomic mass is 15.4. The number of nitrogens with zero attached hydrogens (tertiary/aromatic N) is 5. The van der Waals surface area contributed by atoms with Crippen LogP contribution in [-0.2, 0) is 12.5 Å². The van der Waals surface area contributed by atoms with Crippen LogP contribution in [0, 0.1) is 0 Å². The molecule has 0 aliphatic rings. The van der Waals surface area contributed by atoms with Crippen molar-refractivity contribution in [1.29, 1.82) is 0 Å². The first-order valence-corrected chi connectivity index (χ1v) is 6.40. The lowest BCUT2D eigenvalue weighted by Gasteiger charge is -2.18. The molecule has 0 aliphatic carbocycles. The van der Waals surface area contributed by atoms with E-state index in [0.29, 0.717) is 0 Å². The summed E-state index contributed by atoms with van der Waals surface area (Å²) < 4.78 is 1.71. The van der Waals surface area contributed by atoms with Crippen molar-refractivity contribution in [3.05, 3.63) is 18.1 Å². The van der Waals surface area contributed by atoms with Crippen molar-refractivity contribution in [3.8, 4) is 11.4 Å². The van der Waals surface area contributed by atoms with Crippen LogP contribution in [0.3, 0.4) is 0 Å². The normalized spacial score (nSPS) is 11.6. The van der Waals surface area contributed by atoms with Gasteiger partial charge in [-0.2, -0.15) is 0 Å². The Morgan fingerprint density at radius 1 is 1.26 bits per heavy atom. The highest BCUT2D eigenvalue weighted by Crippen LogP contribution is 2.24. The Labute approximate surface area is 113 Å². The summed E-state index contributed by atoms with van der Waals surface area (Å²) in [4.78, 5) is 9.20. The van der Waals surface area contributed by atoms with E-state index in [9.17, 15) is 0 Å². The maximum atomic E-state index is 4.64. The Morgan fingerprint density at radius 3 is 2.53 bits per heavy atom. The van der Waals surface area contributed by atoms with Crippen LogP contribution >= 0.6 is 0 Å². The Hall–Kier alpha value is -1.98. The first kappa shape index (κ1) is 13.5. The summed E-state index contributed by atoms with van der Waals surface area (Å²) in [6.45, 7) is 9.17. The summed E-state index contributed by atoms with van der Waals surface area (Å²) in [6.07, 6.45) is 1.71. The molecule has 0 fully saturated rings. The molecule has 102 valence electrons. The lowest BCUT2D eigenvalue weighted by molar-refractivity contribution is 0.546. The minimum Gasteiger partial charge on any atom is -0.370 e. The monoisotopic (exact) mass is 260 g/mol. The summed E-state index contributed by atoms with van der Waals surface area (Å²) in [5, 5.41) is 11.1. The Kier molecular flexibility index (Phi) is 3.50. The highest BCUT2D eigenvalue weighted by Gasteiger charge is 2.20. The van der Waals surface area contributed by atoms with Crippen molar-refractivity contribution in [2.45, 2.75) is 33.1 Å². The predicted octanol–water partition coefficient (Wildman–Crippen LogP) is 2.00. The van der Waals surface area contributed by atoms with Crippen LogP contribution in [0.15, 0.2) is 12.3 Å². The molecule has 0 radical (unpaired) electrons. The Balaban J connectivity index is 2.55. The van der Waals surface area contributed by atoms with Gasteiger partial charge in [0.2, 0.25) is 0 Å². The minimum absolute atomic E-state index is 0.105. The van der Waals surface area contributed by atoms with Crippen LogP contribution in [-0.4, -0.2) is 31.5 Å². The molecule has 0 aromatic carbocycles. The minimum atomic E-state index is -0.105. The molecule has 2 heterocycles. The first-order chi connectivity index (χ1) is 8.91. The van der Waals surface area contributed by atoms with E-state index in [2.05, 4.69) is 46.4 Å². The number of hydrogen-bond acceptors (Lipinski definition) is 5. The molecule has 0 saturated carbocycles. The molecule has 2 aromatic heterocycles. The van der Waals surface area contributed by atoms with Gasteiger partial charge in [0.05, 0.1) is 11.9 Å². The van der Waals surface area contributed by atoms with Gasteiger partial charge < -0.3 is 5.32 Å². The van der Waals surface area contributed by atoms with Crippen molar-refractivity contribution in [2.75, 3.05) is 11.9 Å². The standard InChI is InChI=1S/C13H20N6/c1-6-14-11-7-9(10-8-15-18-19(10)5)16-12(17-11)13(2,3)4/h7-8H,6H2,1-5H3,(H,14,16,17). The molecule has 0 aliphatic heterocycles. The van der Waals surface area contributed by atoms with Gasteiger partial charge in [0, 0.05) is 25.1 Å². The van der Waals surface area contributed by atoms with Crippen LogP contribution < -0.4 is 5.32 Å². The smallest absolute Gasteiger partial charge is 0.136 e. The van der Waals surface area contributed by atoms with E-state index in [4.69, 9.17) is 0 Å². The van der Waals surface area contributed by atoms with Crippen molar-refractivity contribution >= 4 is 5.82 Å². The summed E-state index contributed by atoms with van der Waals surface area (Å²) >= 11 is 0. The summed E-state index contributed by atoms with van der Waals surface area (Å²) in [5.74, 6) is 1.64. The van der Waals surface area contributed by atoms with Gasteiger partial charge in [0.1, 0.15) is 17.3 Å². The summed E-state index contributed by atoms with van der Waals surface area (Å²) in [5.41, 5.74) is 1.61. The number of anilines is 1. The molecular weight excluding hydrogens is 240 g/mol. The predicted molar refractivity (Wildman–Crippen MR) is 74.9 cm³/mol. The number of rotatable bonds is 3. The number of nitrogens with one attached hydrogen (secondary N) is 1. The van der Waals surface area contributed by atoms with Gasteiger partial charge >= 0.3 is 0 Å². The van der Waals surface area contributed by atoms with Crippen LogP contribution in [0.25, 0.3) is 11.4 Å². The fraction of sp³-hybridized carbons (Fsp3) is 0.538. The van der Waals surface area contributed by atoms with Crippen LogP contribution in [0.1, 0.15) is 33.5 Å². The van der Waals surface area contributed by atoms with Crippen molar-refractivity contribution < 1.29 is 0 Å². The van der Waals surface area contributed by atoms with E-state index in [-0.39, 0.29) is 5.41 Å². The molecule has 1 N–H and O–H groups in total. The average Bonchev–Trinajstić information content (AvgIpc) is 2.74. The second-order valence-electron chi connectivity index (χ2n) is 5.49. The van der Waals surface area contributed by atoms with E-state index in [0.717, 1.165) is 29.6 Å². The molecule has 6 nitrogen and oxygen atoms in total. The SMILES string of the molecule is CCNc1cc(-c2cnnn2C)nc(C(C)(C)C)n1. The molecule has 0 unspecified atom stereocenters. The molecule has 0 saturated heterocycles. The number of aromatic nitrogens is 5. The van der Waals surface area contributed by atoms with E-state index < -0.39 is 0 Å². The maximum absolute atomic E-state index is 4.64. The third-order valence-corrected chi connectivity index (χ3v) is 2.73. The maximum Gasteiger partial charge on any atom is 0.136 e. The molecule has 2 rings (SSSR count). The summed E-state index contributed by atoms with van der Waals surface area (Å²) in [7, 11) is 1.86. The van der Waals surface area contributed by atoms with E-state index in [1.165, 1.54) is 0 Å². The van der Waals surface area contributed by atoms with E-state index >= 15 is 0 Å². The molecule has 2 aromatic rings. The number of aryl methyl sites for hydroxylation is 1. The zero-order valence-electron chi connectivity index (χ0n) is 12.1. The van der Waals surface area contributed by atoms with Gasteiger partial charge in [-0.05, 0) is 6.92 Å². The van der Waals surface area contributed by atoms with Gasteiger partial charge in [-0.25, -0.2) is 14.6 Å². The van der Waals surface area contributed by atoms with Crippen molar-refractivity contribution in [1.82, 2.24) is 25.0 Å². The van der Waals surface area contributed by atoms with E-state index in [1.807, 2.05) is 20.0 Å². The largest absolute Gasteiger partial charge is 0.370 e. The lowest BCUT2D eigenvalue weighted by Crippen LogP contribution is -2.18. The summed E-state index contributed by atoms with van der Waals surface area (Å²) in [6, 6.07) is 1.93. The Bertz CT molecular complexity index is 567. The van der Waals surface area contributed by atoms with Gasteiger partial charge in [0.15, 0.2) is 0 Å². The molecule has 6 heteroatoms. The quantitative estimate of drug-likeness (QED) is 0.914. The fourth-order valence-corrected chi connectivity index (χ4v) is 1.71. The highest BCUT2D eigenvalue weighted by molar-refractivity contribution is 5.58. The third kappa shape index (κ3) is 2.89. The third-order valence-electron chi connectivity index (χ3n) is 2.73. The van der Waals surface area contributed by atoms with Gasteiger partial charge in [-0.3, -0.25) is 0 Å². The zero-order valence-corrected chi connectivity index (χ0v) is 12.1. The lowest BCUT2D eigenvalue weighted by atomic mass is 9.95.